The molecule has 39 heavy (non-hydrogen) atoms. The molecule has 2 aromatic rings. The van der Waals surface area contributed by atoms with Gasteiger partial charge in [-0.1, -0.05) is 38.3 Å². The quantitative estimate of drug-likeness (QED) is 0.519. The molecule has 3 saturated carbocycles. The van der Waals surface area contributed by atoms with Crippen molar-refractivity contribution in [1.82, 2.24) is 9.78 Å². The molecule has 0 bridgehead atoms. The molecule has 0 radical (unpaired) electrons. The number of allylic oxidation sites excluding steroid dienone is 1. The van der Waals surface area contributed by atoms with E-state index < -0.39 is 52.4 Å². The first-order chi connectivity index (χ1) is 18.5. The van der Waals surface area contributed by atoms with Crippen LogP contribution in [0, 0.1) is 40.4 Å². The summed E-state index contributed by atoms with van der Waals surface area (Å²) in [6, 6.07) is 7.88. The van der Waals surface area contributed by atoms with Crippen molar-refractivity contribution >= 4 is 11.9 Å². The fourth-order valence-corrected chi connectivity index (χ4v) is 9.17. The second kappa shape index (κ2) is 8.60. The van der Waals surface area contributed by atoms with E-state index in [4.69, 9.17) is 0 Å². The van der Waals surface area contributed by atoms with Gasteiger partial charge in [0.25, 0.3) is 0 Å². The highest BCUT2D eigenvalue weighted by molar-refractivity contribution is 5.90. The number of aromatic nitrogens is 2. The number of rotatable bonds is 3. The Morgan fingerprint density at radius 3 is 2.77 bits per heavy atom. The smallest absolute Gasteiger partial charge is 0.190 e. The Balaban J connectivity index is 1.41. The number of hydrogen-bond acceptors (Lipinski definition) is 5. The van der Waals surface area contributed by atoms with Crippen LogP contribution < -0.4 is 0 Å². The number of ketones is 1. The van der Waals surface area contributed by atoms with Crippen LogP contribution >= 0.6 is 0 Å². The average molecular weight is 533 g/mol. The van der Waals surface area contributed by atoms with Crippen molar-refractivity contribution in [3.8, 4) is 17.5 Å². The zero-order chi connectivity index (χ0) is 28.0. The molecule has 6 rings (SSSR count). The number of halogens is 1. The molecule has 1 heterocycles. The highest BCUT2D eigenvalue weighted by Gasteiger charge is 2.75. The standard InChI is InChI=1S/C32H37FN2O4/c1-5-7-20-8-6-9-23(13-20)35-26-14-22-10-11-24-25-12-19(2)32(39,28(38)18-36)30(25,4)16-27(37)31(24,33)29(22,3)15-21(26)17-34-35/h6,8-9,13-14,17,19,24-25,27,36-37,39H,10-12,15-16,18H2,1-4H3/t19-,24+,25+,27+,29+,30+,31+,32+/m1/s1. The molecule has 0 spiro atoms. The molecule has 7 heteroatoms. The lowest BCUT2D eigenvalue weighted by molar-refractivity contribution is -0.226. The van der Waals surface area contributed by atoms with Crippen LogP contribution in [0.5, 0.6) is 0 Å². The van der Waals surface area contributed by atoms with Crippen LogP contribution in [0.3, 0.4) is 0 Å². The maximum absolute atomic E-state index is 17.8. The third kappa shape index (κ3) is 3.20. The van der Waals surface area contributed by atoms with E-state index in [-0.39, 0.29) is 12.3 Å². The summed E-state index contributed by atoms with van der Waals surface area (Å²) in [5.41, 5.74) is -1.06. The zero-order valence-electron chi connectivity index (χ0n) is 23.0. The molecule has 8 atom stereocenters. The lowest BCUT2D eigenvalue weighted by atomic mass is 9.43. The van der Waals surface area contributed by atoms with Crippen molar-refractivity contribution in [1.29, 1.82) is 0 Å². The largest absolute Gasteiger partial charge is 0.390 e. The summed E-state index contributed by atoms with van der Waals surface area (Å²) in [5.74, 6) is 4.14. The second-order valence-electron chi connectivity index (χ2n) is 12.7. The number of carbonyl (C=O) groups excluding carboxylic acids is 1. The minimum Gasteiger partial charge on any atom is -0.390 e. The molecular weight excluding hydrogens is 495 g/mol. The number of Topliss-reactive ketones (excluding diaryl/α,β-unsaturated/α-hetero) is 1. The Morgan fingerprint density at radius 1 is 1.28 bits per heavy atom. The summed E-state index contributed by atoms with van der Waals surface area (Å²) in [6.07, 6.45) is 4.55. The topological polar surface area (TPSA) is 95.6 Å². The summed E-state index contributed by atoms with van der Waals surface area (Å²) in [4.78, 5) is 12.9. The van der Waals surface area contributed by atoms with Gasteiger partial charge in [-0.05, 0) is 80.7 Å². The third-order valence-electron chi connectivity index (χ3n) is 11.1. The normalized spacial score (nSPS) is 40.4. The van der Waals surface area contributed by atoms with Crippen LogP contribution in [0.4, 0.5) is 4.39 Å². The molecule has 1 aromatic heterocycles. The number of carbonyl (C=O) groups is 1. The van der Waals surface area contributed by atoms with E-state index in [0.29, 0.717) is 25.7 Å². The van der Waals surface area contributed by atoms with E-state index in [0.717, 1.165) is 28.1 Å². The number of alkyl halides is 1. The van der Waals surface area contributed by atoms with Gasteiger partial charge >= 0.3 is 0 Å². The molecule has 0 unspecified atom stereocenters. The van der Waals surface area contributed by atoms with Gasteiger partial charge in [-0.2, -0.15) is 5.10 Å². The van der Waals surface area contributed by atoms with E-state index in [9.17, 15) is 20.1 Å². The monoisotopic (exact) mass is 532 g/mol. The van der Waals surface area contributed by atoms with Gasteiger partial charge in [-0.15, -0.1) is 5.92 Å². The number of fused-ring (bicyclic) bond motifs is 6. The van der Waals surface area contributed by atoms with Gasteiger partial charge in [0.05, 0.1) is 23.7 Å². The van der Waals surface area contributed by atoms with Crippen molar-refractivity contribution in [2.75, 3.05) is 6.61 Å². The molecule has 4 aliphatic rings. The van der Waals surface area contributed by atoms with Gasteiger partial charge in [0.2, 0.25) is 0 Å². The van der Waals surface area contributed by atoms with Gasteiger partial charge in [-0.3, -0.25) is 4.79 Å². The van der Waals surface area contributed by atoms with Crippen molar-refractivity contribution in [3.05, 3.63) is 52.9 Å². The molecular formula is C32H37FN2O4. The zero-order valence-corrected chi connectivity index (χ0v) is 23.0. The Bertz CT molecular complexity index is 1450. The van der Waals surface area contributed by atoms with Crippen molar-refractivity contribution in [2.45, 2.75) is 77.2 Å². The molecule has 3 N–H and O–H groups in total. The Morgan fingerprint density at radius 2 is 2.05 bits per heavy atom. The summed E-state index contributed by atoms with van der Waals surface area (Å²) in [5, 5.41) is 37.7. The molecule has 206 valence electrons. The van der Waals surface area contributed by atoms with Crippen LogP contribution in [0.25, 0.3) is 11.8 Å². The van der Waals surface area contributed by atoms with Crippen LogP contribution in [0.15, 0.2) is 36.0 Å². The van der Waals surface area contributed by atoms with Crippen molar-refractivity contribution < 1.29 is 24.5 Å². The summed E-state index contributed by atoms with van der Waals surface area (Å²) >= 11 is 0. The van der Waals surface area contributed by atoms with E-state index >= 15 is 4.39 Å². The minimum atomic E-state index is -1.93. The van der Waals surface area contributed by atoms with Crippen LogP contribution in [0.1, 0.15) is 70.2 Å². The first-order valence-electron chi connectivity index (χ1n) is 14.0. The lowest BCUT2D eigenvalue weighted by Gasteiger charge is -2.63. The number of hydrogen-bond donors (Lipinski definition) is 3. The van der Waals surface area contributed by atoms with Gasteiger partial charge in [0, 0.05) is 22.3 Å². The predicted octanol–water partition coefficient (Wildman–Crippen LogP) is 4.03. The molecule has 1 aromatic carbocycles. The Hall–Kier alpha value is -2.79. The summed E-state index contributed by atoms with van der Waals surface area (Å²) < 4.78 is 19.7. The van der Waals surface area contributed by atoms with E-state index in [2.05, 4.69) is 23.0 Å². The van der Waals surface area contributed by atoms with Crippen molar-refractivity contribution in [2.24, 2.45) is 28.6 Å². The highest BCUT2D eigenvalue weighted by atomic mass is 19.1. The van der Waals surface area contributed by atoms with Crippen LogP contribution in [-0.4, -0.2) is 54.9 Å². The average Bonchev–Trinajstić information content (AvgIpc) is 3.40. The maximum Gasteiger partial charge on any atom is 0.190 e. The van der Waals surface area contributed by atoms with Gasteiger partial charge in [-0.25, -0.2) is 9.07 Å². The first kappa shape index (κ1) is 26.4. The third-order valence-corrected chi connectivity index (χ3v) is 11.1. The minimum absolute atomic E-state index is 0.0303. The fourth-order valence-electron chi connectivity index (χ4n) is 9.17. The van der Waals surface area contributed by atoms with Gasteiger partial charge < -0.3 is 15.3 Å². The summed E-state index contributed by atoms with van der Waals surface area (Å²) in [6.45, 7) is 6.58. The SMILES string of the molecule is CC#Cc1cccc(-n2ncc3c2C=C2CC[C@H]4[C@@H]5C[C@@H](C)[C@](O)(C(=O)CO)[C@@]5(C)C[C@H](O)[C@]4(F)[C@@]2(C)C3)c1. The van der Waals surface area contributed by atoms with E-state index in [1.807, 2.05) is 49.7 Å². The number of aliphatic hydroxyl groups is 3. The van der Waals surface area contributed by atoms with Gasteiger partial charge in [0.15, 0.2) is 5.78 Å². The molecule has 0 aliphatic heterocycles. The molecule has 0 saturated heterocycles. The molecule has 6 nitrogen and oxygen atoms in total. The number of aliphatic hydroxyl groups excluding tert-OH is 2. The van der Waals surface area contributed by atoms with Crippen LogP contribution in [-0.2, 0) is 11.2 Å². The predicted molar refractivity (Wildman–Crippen MR) is 146 cm³/mol. The maximum atomic E-state index is 17.8. The number of benzene rings is 1. The summed E-state index contributed by atoms with van der Waals surface area (Å²) in [7, 11) is 0. The highest BCUT2D eigenvalue weighted by Crippen LogP contribution is 2.71. The van der Waals surface area contributed by atoms with Crippen LogP contribution in [0.2, 0.25) is 0 Å². The Kier molecular flexibility index (Phi) is 5.83. The fraction of sp³-hybridized carbons (Fsp3) is 0.562. The lowest BCUT2D eigenvalue weighted by Crippen LogP contribution is -2.70. The molecule has 0 amide bonds. The van der Waals surface area contributed by atoms with E-state index in [1.54, 1.807) is 13.1 Å². The molecule has 4 aliphatic carbocycles. The van der Waals surface area contributed by atoms with E-state index in [1.165, 1.54) is 0 Å². The van der Waals surface area contributed by atoms with Crippen molar-refractivity contribution in [3.63, 3.8) is 0 Å². The molecule has 3 fully saturated rings. The Labute approximate surface area is 228 Å². The number of nitrogens with zero attached hydrogens (tertiary/aromatic N) is 2. The second-order valence-corrected chi connectivity index (χ2v) is 12.7. The van der Waals surface area contributed by atoms with Gasteiger partial charge in [0.1, 0.15) is 17.9 Å². The first-order valence-corrected chi connectivity index (χ1v) is 14.0.